The van der Waals surface area contributed by atoms with E-state index in [4.69, 9.17) is 9.47 Å². The molecule has 0 radical (unpaired) electrons. The van der Waals surface area contributed by atoms with Gasteiger partial charge >= 0.3 is 0 Å². The Kier molecular flexibility index (Phi) is 12.0. The Hall–Kier alpha value is -4.83. The minimum absolute atomic E-state index is 0.0171. The summed E-state index contributed by atoms with van der Waals surface area (Å²) in [6.45, 7) is 1.39. The Morgan fingerprint density at radius 3 is 2.10 bits per heavy atom. The summed E-state index contributed by atoms with van der Waals surface area (Å²) in [5, 5.41) is 3.24. The van der Waals surface area contributed by atoms with Gasteiger partial charge in [0, 0.05) is 25.1 Å². The molecule has 0 saturated heterocycles. The molecule has 0 unspecified atom stereocenters. The molecule has 2 amide bonds. The van der Waals surface area contributed by atoms with Crippen molar-refractivity contribution >= 4 is 27.5 Å². The molecule has 9 nitrogen and oxygen atoms in total. The van der Waals surface area contributed by atoms with Gasteiger partial charge in [-0.25, -0.2) is 8.42 Å². The Balaban J connectivity index is 1.58. The molecule has 10 heteroatoms. The van der Waals surface area contributed by atoms with Gasteiger partial charge in [0.25, 0.3) is 10.0 Å². The summed E-state index contributed by atoms with van der Waals surface area (Å²) in [6, 6.07) is 29.1. The van der Waals surface area contributed by atoms with Gasteiger partial charge in [0.2, 0.25) is 11.8 Å². The number of ether oxygens (including phenoxy) is 2. The molecule has 0 aromatic heterocycles. The van der Waals surface area contributed by atoms with Crippen LogP contribution in [0.4, 0.5) is 5.69 Å². The number of rotatable bonds is 14. The van der Waals surface area contributed by atoms with Crippen LogP contribution in [0.2, 0.25) is 0 Å². The Bertz CT molecular complexity index is 1810. The average Bonchev–Trinajstić information content (AvgIpc) is 3.13. The van der Waals surface area contributed by atoms with Crippen LogP contribution in [0.5, 0.6) is 11.5 Å². The molecule has 1 aliphatic carbocycles. The fraction of sp³-hybridized carbons (Fsp3) is 0.333. The largest absolute Gasteiger partial charge is 0.497 e. The van der Waals surface area contributed by atoms with Gasteiger partial charge in [-0.1, -0.05) is 85.5 Å². The van der Waals surface area contributed by atoms with E-state index < -0.39 is 28.5 Å². The van der Waals surface area contributed by atoms with Gasteiger partial charge in [0.15, 0.2) is 0 Å². The molecule has 1 atom stereocenters. The molecule has 4 aromatic rings. The summed E-state index contributed by atoms with van der Waals surface area (Å²) in [5.74, 6) is 0.259. The second-order valence-electron chi connectivity index (χ2n) is 12.4. The first kappa shape index (κ1) is 35.5. The molecule has 49 heavy (non-hydrogen) atoms. The lowest BCUT2D eigenvalue weighted by molar-refractivity contribution is -0.140. The summed E-state index contributed by atoms with van der Waals surface area (Å²) >= 11 is 0. The van der Waals surface area contributed by atoms with Crippen LogP contribution in [0.1, 0.15) is 48.8 Å². The van der Waals surface area contributed by atoms with Gasteiger partial charge in [0.1, 0.15) is 24.1 Å². The minimum atomic E-state index is -4.23. The summed E-state index contributed by atoms with van der Waals surface area (Å²) in [5.41, 5.74) is 2.79. The lowest BCUT2D eigenvalue weighted by Gasteiger charge is -2.35. The van der Waals surface area contributed by atoms with E-state index in [9.17, 15) is 18.0 Å². The second kappa shape index (κ2) is 16.5. The Morgan fingerprint density at radius 2 is 1.43 bits per heavy atom. The number of sulfonamides is 1. The van der Waals surface area contributed by atoms with Crippen LogP contribution in [-0.4, -0.2) is 58.0 Å². The first-order valence-electron chi connectivity index (χ1n) is 16.7. The van der Waals surface area contributed by atoms with Crippen molar-refractivity contribution in [3.63, 3.8) is 0 Å². The summed E-state index contributed by atoms with van der Waals surface area (Å²) in [6.07, 6.45) is 5.22. The van der Waals surface area contributed by atoms with Crippen LogP contribution >= 0.6 is 0 Å². The quantitative estimate of drug-likeness (QED) is 0.167. The molecule has 1 saturated carbocycles. The number of nitrogens with zero attached hydrogens (tertiary/aromatic N) is 2. The van der Waals surface area contributed by atoms with Gasteiger partial charge in [-0.15, -0.1) is 0 Å². The SMILES string of the molecule is COc1cccc(CN(C(=O)CN(c2cccc(OC)c2)S(=O)(=O)c2ccc(C)cc2)[C@H](Cc2ccccc2)C(=O)NC2CCCCC2)c1. The van der Waals surface area contributed by atoms with Crippen molar-refractivity contribution < 1.29 is 27.5 Å². The predicted molar refractivity (Wildman–Crippen MR) is 191 cm³/mol. The molecule has 0 spiro atoms. The minimum Gasteiger partial charge on any atom is -0.497 e. The predicted octanol–water partition coefficient (Wildman–Crippen LogP) is 6.30. The standard InChI is InChI=1S/C39H45N3O6S/c1-29-20-22-36(23-21-29)49(45,46)42(33-17-11-19-35(26-33)48-3)28-38(43)41(27-31-14-10-18-34(24-31)47-2)37(25-30-12-6-4-7-13-30)39(44)40-32-15-8-5-9-16-32/h4,6-7,10-14,17-24,26,32,37H,5,8-9,15-16,25,27-28H2,1-3H3,(H,40,44)/t37-/m1/s1. The van der Waals surface area contributed by atoms with Crippen molar-refractivity contribution in [3.05, 3.63) is 120 Å². The molecule has 0 heterocycles. The third-order valence-corrected chi connectivity index (χ3v) is 10.7. The first-order valence-corrected chi connectivity index (χ1v) is 18.1. The van der Waals surface area contributed by atoms with E-state index in [1.54, 1.807) is 43.5 Å². The maximum atomic E-state index is 14.8. The van der Waals surface area contributed by atoms with E-state index in [-0.39, 0.29) is 35.5 Å². The number of anilines is 1. The van der Waals surface area contributed by atoms with Crippen molar-refractivity contribution in [3.8, 4) is 11.5 Å². The van der Waals surface area contributed by atoms with Crippen LogP contribution in [0, 0.1) is 6.92 Å². The first-order chi connectivity index (χ1) is 23.7. The van der Waals surface area contributed by atoms with Crippen LogP contribution in [0.3, 0.4) is 0 Å². The van der Waals surface area contributed by atoms with Crippen molar-refractivity contribution in [1.82, 2.24) is 10.2 Å². The van der Waals surface area contributed by atoms with E-state index >= 15 is 0 Å². The van der Waals surface area contributed by atoms with E-state index in [0.717, 1.165) is 53.1 Å². The zero-order chi connectivity index (χ0) is 34.8. The third kappa shape index (κ3) is 9.20. The number of carbonyl (C=O) groups is 2. The number of carbonyl (C=O) groups excluding carboxylic acids is 2. The van der Waals surface area contributed by atoms with Crippen molar-refractivity contribution in [2.75, 3.05) is 25.1 Å². The normalized spacial score (nSPS) is 14.0. The lowest BCUT2D eigenvalue weighted by atomic mass is 9.94. The molecule has 258 valence electrons. The summed E-state index contributed by atoms with van der Waals surface area (Å²) in [4.78, 5) is 30.6. The molecule has 0 aliphatic heterocycles. The van der Waals surface area contributed by atoms with E-state index in [1.165, 1.54) is 24.1 Å². The zero-order valence-corrected chi connectivity index (χ0v) is 29.2. The van der Waals surface area contributed by atoms with Gasteiger partial charge in [-0.05, 0) is 67.3 Å². The number of benzene rings is 4. The molecular weight excluding hydrogens is 639 g/mol. The van der Waals surface area contributed by atoms with E-state index in [0.29, 0.717) is 11.5 Å². The maximum absolute atomic E-state index is 14.8. The highest BCUT2D eigenvalue weighted by Crippen LogP contribution is 2.29. The molecule has 1 aliphatic rings. The van der Waals surface area contributed by atoms with Crippen LogP contribution < -0.4 is 19.1 Å². The van der Waals surface area contributed by atoms with E-state index in [1.807, 2.05) is 61.5 Å². The fourth-order valence-electron chi connectivity index (χ4n) is 6.20. The van der Waals surface area contributed by atoms with Crippen LogP contribution in [0.25, 0.3) is 0 Å². The number of hydrogen-bond acceptors (Lipinski definition) is 6. The van der Waals surface area contributed by atoms with Gasteiger partial charge in [-0.2, -0.15) is 0 Å². The van der Waals surface area contributed by atoms with Gasteiger partial charge < -0.3 is 19.7 Å². The smallest absolute Gasteiger partial charge is 0.264 e. The molecule has 0 bridgehead atoms. The second-order valence-corrected chi connectivity index (χ2v) is 14.3. The van der Waals surface area contributed by atoms with Crippen molar-refractivity contribution in [2.45, 2.75) is 69.0 Å². The number of hydrogen-bond donors (Lipinski definition) is 1. The highest BCUT2D eigenvalue weighted by atomic mass is 32.2. The molecule has 5 rings (SSSR count). The monoisotopic (exact) mass is 683 g/mol. The highest BCUT2D eigenvalue weighted by molar-refractivity contribution is 7.92. The fourth-order valence-corrected chi connectivity index (χ4v) is 7.60. The number of amides is 2. The van der Waals surface area contributed by atoms with Gasteiger partial charge in [-0.3, -0.25) is 13.9 Å². The average molecular weight is 684 g/mol. The Morgan fingerprint density at radius 1 is 0.796 bits per heavy atom. The van der Waals surface area contributed by atoms with Gasteiger partial charge in [0.05, 0.1) is 24.8 Å². The number of methoxy groups -OCH3 is 2. The molecular formula is C39H45N3O6S. The third-order valence-electron chi connectivity index (χ3n) is 8.94. The maximum Gasteiger partial charge on any atom is 0.264 e. The lowest BCUT2D eigenvalue weighted by Crippen LogP contribution is -2.55. The zero-order valence-electron chi connectivity index (χ0n) is 28.4. The molecule has 1 fully saturated rings. The van der Waals surface area contributed by atoms with Crippen LogP contribution in [-0.2, 0) is 32.6 Å². The highest BCUT2D eigenvalue weighted by Gasteiger charge is 2.35. The summed E-state index contributed by atoms with van der Waals surface area (Å²) in [7, 11) is -1.16. The van der Waals surface area contributed by atoms with Crippen molar-refractivity contribution in [1.29, 1.82) is 0 Å². The Labute approximate surface area is 289 Å². The number of nitrogens with one attached hydrogen (secondary N) is 1. The van der Waals surface area contributed by atoms with Crippen LogP contribution in [0.15, 0.2) is 108 Å². The topological polar surface area (TPSA) is 105 Å². The van der Waals surface area contributed by atoms with E-state index in [2.05, 4.69) is 5.32 Å². The number of aryl methyl sites for hydroxylation is 1. The molecule has 1 N–H and O–H groups in total. The van der Waals surface area contributed by atoms with Crippen molar-refractivity contribution in [2.24, 2.45) is 0 Å². The summed E-state index contributed by atoms with van der Waals surface area (Å²) < 4.78 is 40.6. The molecule has 4 aromatic carbocycles.